The van der Waals surface area contributed by atoms with Crippen molar-refractivity contribution in [3.63, 3.8) is 0 Å². The van der Waals surface area contributed by atoms with E-state index in [4.69, 9.17) is 0 Å². The molecular formula is C17H21FN4O. The van der Waals surface area contributed by atoms with Gasteiger partial charge in [-0.15, -0.1) is 5.10 Å². The predicted molar refractivity (Wildman–Crippen MR) is 85.2 cm³/mol. The summed E-state index contributed by atoms with van der Waals surface area (Å²) < 4.78 is 15.6. The summed E-state index contributed by atoms with van der Waals surface area (Å²) in [6.07, 6.45) is 3.17. The van der Waals surface area contributed by atoms with Crippen LogP contribution in [-0.4, -0.2) is 38.7 Å². The Hall–Kier alpha value is -2.24. The molecule has 1 amide bonds. The minimum absolute atomic E-state index is 0.0324. The van der Waals surface area contributed by atoms with E-state index in [0.717, 1.165) is 32.4 Å². The zero-order valence-electron chi connectivity index (χ0n) is 13.5. The van der Waals surface area contributed by atoms with Crippen LogP contribution in [0.2, 0.25) is 0 Å². The summed E-state index contributed by atoms with van der Waals surface area (Å²) >= 11 is 0. The fourth-order valence-corrected chi connectivity index (χ4v) is 2.83. The Morgan fingerprint density at radius 1 is 1.17 bits per heavy atom. The molecule has 0 atom stereocenters. The fourth-order valence-electron chi connectivity index (χ4n) is 2.83. The summed E-state index contributed by atoms with van der Waals surface area (Å²) in [4.78, 5) is 18.8. The second-order valence-electron chi connectivity index (χ2n) is 6.16. The first kappa shape index (κ1) is 15.6. The van der Waals surface area contributed by atoms with Gasteiger partial charge in [-0.25, -0.2) is 14.1 Å². The lowest BCUT2D eigenvalue weighted by atomic mass is 10.1. The maximum atomic E-state index is 14.1. The smallest absolute Gasteiger partial charge is 0.293 e. The summed E-state index contributed by atoms with van der Waals surface area (Å²) in [5.74, 6) is 0.234. The van der Waals surface area contributed by atoms with Gasteiger partial charge in [0.1, 0.15) is 17.3 Å². The van der Waals surface area contributed by atoms with Crippen molar-refractivity contribution < 1.29 is 9.18 Å². The molecule has 1 fully saturated rings. The van der Waals surface area contributed by atoms with Crippen molar-refractivity contribution in [2.45, 2.75) is 39.0 Å². The molecule has 0 aliphatic carbocycles. The molecule has 6 heteroatoms. The van der Waals surface area contributed by atoms with Crippen molar-refractivity contribution >= 4 is 5.91 Å². The standard InChI is InChI=1S/C17H21FN4O/c1-12(2)16-19-15(17(23)21-10-6-3-7-11-21)20-22(16)14-9-5-4-8-13(14)18/h4-5,8-9,12H,3,6-7,10-11H2,1-2H3. The van der Waals surface area contributed by atoms with Gasteiger partial charge in [-0.1, -0.05) is 26.0 Å². The van der Waals surface area contributed by atoms with E-state index in [2.05, 4.69) is 10.1 Å². The number of para-hydroxylation sites is 1. The van der Waals surface area contributed by atoms with E-state index in [1.54, 1.807) is 23.1 Å². The van der Waals surface area contributed by atoms with Gasteiger partial charge in [0.15, 0.2) is 0 Å². The van der Waals surface area contributed by atoms with E-state index < -0.39 is 0 Å². The largest absolute Gasteiger partial charge is 0.336 e. The first-order valence-corrected chi connectivity index (χ1v) is 8.09. The first-order valence-electron chi connectivity index (χ1n) is 8.09. The lowest BCUT2D eigenvalue weighted by Gasteiger charge is -2.25. The highest BCUT2D eigenvalue weighted by atomic mass is 19.1. The van der Waals surface area contributed by atoms with Gasteiger partial charge in [-0.05, 0) is 31.4 Å². The molecular weight excluding hydrogens is 295 g/mol. The maximum absolute atomic E-state index is 14.1. The topological polar surface area (TPSA) is 51.0 Å². The van der Waals surface area contributed by atoms with Crippen LogP contribution in [0.4, 0.5) is 4.39 Å². The van der Waals surface area contributed by atoms with Crippen LogP contribution in [0.5, 0.6) is 0 Å². The zero-order valence-corrected chi connectivity index (χ0v) is 13.5. The minimum Gasteiger partial charge on any atom is -0.336 e. The van der Waals surface area contributed by atoms with Gasteiger partial charge in [0, 0.05) is 19.0 Å². The monoisotopic (exact) mass is 316 g/mol. The van der Waals surface area contributed by atoms with E-state index in [-0.39, 0.29) is 23.5 Å². The number of hydrogen-bond donors (Lipinski definition) is 0. The first-order chi connectivity index (χ1) is 11.1. The number of piperidine rings is 1. The van der Waals surface area contributed by atoms with Gasteiger partial charge in [-0.2, -0.15) is 0 Å². The SMILES string of the molecule is CC(C)c1nc(C(=O)N2CCCCC2)nn1-c1ccccc1F. The van der Waals surface area contributed by atoms with Crippen molar-refractivity contribution in [1.29, 1.82) is 0 Å². The van der Waals surface area contributed by atoms with Gasteiger partial charge in [0.2, 0.25) is 5.82 Å². The number of nitrogens with zero attached hydrogens (tertiary/aromatic N) is 4. The molecule has 1 aromatic heterocycles. The Kier molecular flexibility index (Phi) is 4.41. The summed E-state index contributed by atoms with van der Waals surface area (Å²) in [7, 11) is 0. The van der Waals surface area contributed by atoms with Gasteiger partial charge in [0.25, 0.3) is 5.91 Å². The summed E-state index contributed by atoms with van der Waals surface area (Å²) in [5.41, 5.74) is 0.321. The van der Waals surface area contributed by atoms with Crippen LogP contribution < -0.4 is 0 Å². The summed E-state index contributed by atoms with van der Waals surface area (Å²) in [5, 5.41) is 4.31. The third-order valence-electron chi connectivity index (χ3n) is 4.06. The lowest BCUT2D eigenvalue weighted by molar-refractivity contribution is 0.0712. The number of carbonyl (C=O) groups excluding carboxylic acids is 1. The summed E-state index contributed by atoms with van der Waals surface area (Å²) in [6, 6.07) is 6.40. The lowest BCUT2D eigenvalue weighted by Crippen LogP contribution is -2.36. The molecule has 0 unspecified atom stereocenters. The van der Waals surface area contributed by atoms with Gasteiger partial charge >= 0.3 is 0 Å². The number of halogens is 1. The van der Waals surface area contributed by atoms with Crippen molar-refractivity contribution in [2.24, 2.45) is 0 Å². The van der Waals surface area contributed by atoms with Gasteiger partial charge in [0.05, 0.1) is 0 Å². The van der Waals surface area contributed by atoms with Gasteiger partial charge < -0.3 is 4.90 Å². The van der Waals surface area contributed by atoms with E-state index in [9.17, 15) is 9.18 Å². The van der Waals surface area contributed by atoms with E-state index in [0.29, 0.717) is 11.5 Å². The molecule has 0 saturated carbocycles. The number of hydrogen-bond acceptors (Lipinski definition) is 3. The van der Waals surface area contributed by atoms with Crippen LogP contribution in [0.3, 0.4) is 0 Å². The van der Waals surface area contributed by atoms with Crippen LogP contribution in [0, 0.1) is 5.82 Å². The van der Waals surface area contributed by atoms with Gasteiger partial charge in [-0.3, -0.25) is 4.79 Å². The molecule has 2 heterocycles. The average molecular weight is 316 g/mol. The number of carbonyl (C=O) groups is 1. The molecule has 2 aromatic rings. The second kappa shape index (κ2) is 6.48. The van der Waals surface area contributed by atoms with Crippen LogP contribution in [0.15, 0.2) is 24.3 Å². The van der Waals surface area contributed by atoms with Crippen molar-refractivity contribution in [1.82, 2.24) is 19.7 Å². The number of likely N-dealkylation sites (tertiary alicyclic amines) is 1. The number of aromatic nitrogens is 3. The Balaban J connectivity index is 1.99. The zero-order chi connectivity index (χ0) is 16.4. The summed E-state index contributed by atoms with van der Waals surface area (Å²) in [6.45, 7) is 5.39. The quantitative estimate of drug-likeness (QED) is 0.874. The Morgan fingerprint density at radius 3 is 2.52 bits per heavy atom. The molecule has 122 valence electrons. The highest BCUT2D eigenvalue weighted by Crippen LogP contribution is 2.20. The highest BCUT2D eigenvalue weighted by molar-refractivity contribution is 5.90. The molecule has 3 rings (SSSR count). The number of amides is 1. The average Bonchev–Trinajstić information content (AvgIpc) is 3.01. The predicted octanol–water partition coefficient (Wildman–Crippen LogP) is 3.16. The molecule has 1 aliphatic heterocycles. The molecule has 1 saturated heterocycles. The molecule has 1 aromatic carbocycles. The van der Waals surface area contributed by atoms with Crippen molar-refractivity contribution in [3.8, 4) is 5.69 Å². The molecule has 1 aliphatic rings. The number of rotatable bonds is 3. The fraction of sp³-hybridized carbons (Fsp3) is 0.471. The van der Waals surface area contributed by atoms with E-state index >= 15 is 0 Å². The third kappa shape index (κ3) is 3.11. The highest BCUT2D eigenvalue weighted by Gasteiger charge is 2.25. The van der Waals surface area contributed by atoms with Crippen molar-refractivity contribution in [3.05, 3.63) is 41.7 Å². The molecule has 0 radical (unpaired) electrons. The van der Waals surface area contributed by atoms with E-state index in [1.807, 2.05) is 13.8 Å². The molecule has 23 heavy (non-hydrogen) atoms. The normalized spacial score (nSPS) is 15.2. The van der Waals surface area contributed by atoms with E-state index in [1.165, 1.54) is 10.7 Å². The van der Waals surface area contributed by atoms with Crippen molar-refractivity contribution in [2.75, 3.05) is 13.1 Å². The Bertz CT molecular complexity index is 704. The molecule has 0 spiro atoms. The van der Waals surface area contributed by atoms with Crippen LogP contribution in [0.25, 0.3) is 5.69 Å². The second-order valence-corrected chi connectivity index (χ2v) is 6.16. The Morgan fingerprint density at radius 2 is 1.87 bits per heavy atom. The molecule has 0 bridgehead atoms. The third-order valence-corrected chi connectivity index (χ3v) is 4.06. The van der Waals surface area contributed by atoms with Crippen LogP contribution in [0.1, 0.15) is 55.5 Å². The minimum atomic E-state index is -0.378. The van der Waals surface area contributed by atoms with Crippen LogP contribution in [-0.2, 0) is 0 Å². The molecule has 0 N–H and O–H groups in total. The van der Waals surface area contributed by atoms with Crippen LogP contribution >= 0.6 is 0 Å². The maximum Gasteiger partial charge on any atom is 0.293 e. The Labute approximate surface area is 135 Å². The molecule has 5 nitrogen and oxygen atoms in total. The number of benzene rings is 1.